The highest BCUT2D eigenvalue weighted by atomic mass is 16.5. The van der Waals surface area contributed by atoms with E-state index in [-0.39, 0.29) is 5.41 Å². The zero-order valence-electron chi connectivity index (χ0n) is 15.2. The van der Waals surface area contributed by atoms with Crippen LogP contribution >= 0.6 is 0 Å². The Morgan fingerprint density at radius 1 is 1.23 bits per heavy atom. The van der Waals surface area contributed by atoms with Crippen LogP contribution in [0.15, 0.2) is 36.5 Å². The number of methoxy groups -OCH3 is 2. The van der Waals surface area contributed by atoms with Crippen LogP contribution in [0.4, 0.5) is 0 Å². The van der Waals surface area contributed by atoms with E-state index in [1.54, 1.807) is 13.2 Å². The molecule has 1 saturated carbocycles. The van der Waals surface area contributed by atoms with E-state index in [1.807, 2.05) is 35.0 Å². The fourth-order valence-corrected chi connectivity index (χ4v) is 3.26. The molecule has 0 spiro atoms. The number of pyridine rings is 2. The Bertz CT molecular complexity index is 989. The fraction of sp³-hybridized carbons (Fsp3) is 0.350. The first-order chi connectivity index (χ1) is 12.5. The molecule has 0 aliphatic heterocycles. The predicted octanol–water partition coefficient (Wildman–Crippen LogP) is 3.17. The summed E-state index contributed by atoms with van der Waals surface area (Å²) < 4.78 is 12.0. The van der Waals surface area contributed by atoms with E-state index in [0.29, 0.717) is 12.1 Å². The van der Waals surface area contributed by atoms with Crippen LogP contribution in [0, 0.1) is 0 Å². The van der Waals surface area contributed by atoms with E-state index < -0.39 is 5.97 Å². The van der Waals surface area contributed by atoms with Gasteiger partial charge in [0, 0.05) is 23.1 Å². The van der Waals surface area contributed by atoms with Crippen molar-refractivity contribution in [1.82, 2.24) is 14.6 Å². The first-order valence-electron chi connectivity index (χ1n) is 8.64. The second-order valence-electron chi connectivity index (χ2n) is 6.97. The van der Waals surface area contributed by atoms with Gasteiger partial charge >= 0.3 is 5.97 Å². The predicted molar refractivity (Wildman–Crippen MR) is 96.7 cm³/mol. The normalized spacial score (nSPS) is 15.0. The molecule has 0 atom stereocenters. The van der Waals surface area contributed by atoms with Gasteiger partial charge in [-0.15, -0.1) is 0 Å². The molecule has 6 heteroatoms. The zero-order valence-corrected chi connectivity index (χ0v) is 15.2. The highest BCUT2D eigenvalue weighted by Gasteiger charge is 2.43. The van der Waals surface area contributed by atoms with Gasteiger partial charge in [0.25, 0.3) is 0 Å². The van der Waals surface area contributed by atoms with Crippen molar-refractivity contribution in [3.63, 3.8) is 0 Å². The summed E-state index contributed by atoms with van der Waals surface area (Å²) in [5.74, 6) is 0.343. The highest BCUT2D eigenvalue weighted by Crippen LogP contribution is 2.49. The van der Waals surface area contributed by atoms with E-state index in [0.717, 1.165) is 41.1 Å². The summed E-state index contributed by atoms with van der Waals surface area (Å²) in [5.41, 5.74) is 4.57. The monoisotopic (exact) mass is 351 g/mol. The van der Waals surface area contributed by atoms with Gasteiger partial charge in [-0.05, 0) is 37.1 Å². The maximum Gasteiger partial charge on any atom is 0.356 e. The van der Waals surface area contributed by atoms with E-state index in [4.69, 9.17) is 14.6 Å². The van der Waals surface area contributed by atoms with Crippen LogP contribution < -0.4 is 4.74 Å². The number of ether oxygens (including phenoxy) is 2. The smallest absolute Gasteiger partial charge is 0.356 e. The van der Waals surface area contributed by atoms with Crippen molar-refractivity contribution < 1.29 is 14.3 Å². The maximum absolute atomic E-state index is 11.8. The van der Waals surface area contributed by atoms with E-state index in [2.05, 4.69) is 11.9 Å². The van der Waals surface area contributed by atoms with Gasteiger partial charge in [0.1, 0.15) is 11.4 Å². The molecule has 6 nitrogen and oxygen atoms in total. The molecule has 1 aliphatic carbocycles. The largest absolute Gasteiger partial charge is 0.495 e. The molecular formula is C20H21N3O3. The lowest BCUT2D eigenvalue weighted by molar-refractivity contribution is 0.0593. The summed E-state index contributed by atoms with van der Waals surface area (Å²) in [6, 6.07) is 9.40. The Labute approximate surface area is 151 Å². The minimum atomic E-state index is -0.425. The Hall–Kier alpha value is -2.89. The molecule has 0 saturated heterocycles. The number of carbonyl (C=O) groups excluding carboxylic acids is 1. The molecular weight excluding hydrogens is 330 g/mol. The standard InChI is InChI=1S/C20H21N3O3/c1-20(9-10-20)18-15(17-8-7-14(25-2)12-23(17)22-18)11-13-5-4-6-16(21-13)19(24)26-3/h4-8,12H,9-11H2,1-3H3. The maximum atomic E-state index is 11.8. The molecule has 0 amide bonds. The number of rotatable bonds is 5. The average Bonchev–Trinajstić information content (AvgIpc) is 3.32. The second kappa shape index (κ2) is 6.12. The van der Waals surface area contributed by atoms with Gasteiger partial charge in [0.15, 0.2) is 0 Å². The van der Waals surface area contributed by atoms with E-state index in [1.165, 1.54) is 7.11 Å². The van der Waals surface area contributed by atoms with Gasteiger partial charge in [-0.1, -0.05) is 13.0 Å². The average molecular weight is 351 g/mol. The van der Waals surface area contributed by atoms with Crippen LogP contribution in [-0.4, -0.2) is 34.8 Å². The van der Waals surface area contributed by atoms with Crippen molar-refractivity contribution >= 4 is 11.5 Å². The van der Waals surface area contributed by atoms with Crippen LogP contribution in [0.25, 0.3) is 5.52 Å². The minimum Gasteiger partial charge on any atom is -0.495 e. The van der Waals surface area contributed by atoms with Crippen molar-refractivity contribution in [2.75, 3.05) is 14.2 Å². The van der Waals surface area contributed by atoms with Gasteiger partial charge < -0.3 is 9.47 Å². The summed E-state index contributed by atoms with van der Waals surface area (Å²) >= 11 is 0. The molecule has 1 aliphatic rings. The molecule has 26 heavy (non-hydrogen) atoms. The number of hydrogen-bond acceptors (Lipinski definition) is 5. The number of nitrogens with zero attached hydrogens (tertiary/aromatic N) is 3. The molecule has 0 N–H and O–H groups in total. The molecule has 3 aromatic rings. The van der Waals surface area contributed by atoms with Gasteiger partial charge in [-0.2, -0.15) is 5.10 Å². The third kappa shape index (κ3) is 2.81. The van der Waals surface area contributed by atoms with Gasteiger partial charge in [-0.3, -0.25) is 0 Å². The summed E-state index contributed by atoms with van der Waals surface area (Å²) in [4.78, 5) is 16.2. The Balaban J connectivity index is 1.79. The Morgan fingerprint density at radius 2 is 2.04 bits per heavy atom. The van der Waals surface area contributed by atoms with Gasteiger partial charge in [-0.25, -0.2) is 14.3 Å². The van der Waals surface area contributed by atoms with Crippen molar-refractivity contribution in [3.05, 3.63) is 59.2 Å². The van der Waals surface area contributed by atoms with Crippen LogP contribution in [0.2, 0.25) is 0 Å². The summed E-state index contributed by atoms with van der Waals surface area (Å²) in [6.45, 7) is 2.24. The molecule has 0 unspecified atom stereocenters. The van der Waals surface area contributed by atoms with Crippen molar-refractivity contribution in [1.29, 1.82) is 0 Å². The Kier molecular flexibility index (Phi) is 3.90. The third-order valence-corrected chi connectivity index (χ3v) is 5.07. The quantitative estimate of drug-likeness (QED) is 0.661. The first-order valence-corrected chi connectivity index (χ1v) is 8.64. The lowest BCUT2D eigenvalue weighted by Gasteiger charge is -2.09. The topological polar surface area (TPSA) is 65.7 Å². The summed E-state index contributed by atoms with van der Waals surface area (Å²) in [7, 11) is 3.01. The van der Waals surface area contributed by atoms with Crippen LogP contribution in [0.1, 0.15) is 47.2 Å². The fourth-order valence-electron chi connectivity index (χ4n) is 3.26. The number of esters is 1. The SMILES string of the molecule is COC(=O)c1cccc(Cc2c(C3(C)CC3)nn3cc(OC)ccc23)n1. The van der Waals surface area contributed by atoms with Crippen molar-refractivity contribution in [3.8, 4) is 5.75 Å². The summed E-state index contributed by atoms with van der Waals surface area (Å²) in [6.07, 6.45) is 4.78. The molecule has 0 radical (unpaired) electrons. The molecule has 3 aromatic heterocycles. The molecule has 0 aromatic carbocycles. The molecule has 4 rings (SSSR count). The lowest BCUT2D eigenvalue weighted by Crippen LogP contribution is -2.08. The molecule has 134 valence electrons. The van der Waals surface area contributed by atoms with Crippen molar-refractivity contribution in [2.24, 2.45) is 0 Å². The van der Waals surface area contributed by atoms with Crippen LogP contribution in [-0.2, 0) is 16.6 Å². The number of aromatic nitrogens is 3. The molecule has 3 heterocycles. The minimum absolute atomic E-state index is 0.120. The lowest BCUT2D eigenvalue weighted by atomic mass is 9.97. The third-order valence-electron chi connectivity index (χ3n) is 5.07. The van der Waals surface area contributed by atoms with Crippen LogP contribution in [0.5, 0.6) is 5.75 Å². The highest BCUT2D eigenvalue weighted by molar-refractivity contribution is 5.87. The number of fused-ring (bicyclic) bond motifs is 1. The van der Waals surface area contributed by atoms with Crippen LogP contribution in [0.3, 0.4) is 0 Å². The zero-order chi connectivity index (χ0) is 18.3. The summed E-state index contributed by atoms with van der Waals surface area (Å²) in [5, 5.41) is 4.84. The number of carbonyl (C=O) groups is 1. The van der Waals surface area contributed by atoms with Gasteiger partial charge in [0.05, 0.1) is 31.6 Å². The van der Waals surface area contributed by atoms with E-state index >= 15 is 0 Å². The van der Waals surface area contributed by atoms with Crippen molar-refractivity contribution in [2.45, 2.75) is 31.6 Å². The molecule has 1 fully saturated rings. The Morgan fingerprint density at radius 3 is 2.73 bits per heavy atom. The second-order valence-corrected chi connectivity index (χ2v) is 6.97. The van der Waals surface area contributed by atoms with Gasteiger partial charge in [0.2, 0.25) is 0 Å². The van der Waals surface area contributed by atoms with E-state index in [9.17, 15) is 4.79 Å². The first kappa shape index (κ1) is 16.6. The molecule has 0 bridgehead atoms. The number of hydrogen-bond donors (Lipinski definition) is 0.